The fraction of sp³-hybridized carbons (Fsp3) is 0.440. The molecule has 2 N–H and O–H groups in total. The average molecular weight is 479 g/mol. The summed E-state index contributed by atoms with van der Waals surface area (Å²) in [7, 11) is 0. The molecule has 0 aromatic heterocycles. The van der Waals surface area contributed by atoms with Crippen LogP contribution in [0.2, 0.25) is 0 Å². The van der Waals surface area contributed by atoms with Crippen LogP contribution in [0.5, 0.6) is 5.75 Å². The highest BCUT2D eigenvalue weighted by molar-refractivity contribution is 5.78. The number of rotatable bonds is 5. The van der Waals surface area contributed by atoms with Crippen molar-refractivity contribution >= 4 is 11.9 Å². The van der Waals surface area contributed by atoms with E-state index in [1.54, 1.807) is 0 Å². The molecule has 184 valence electrons. The molecule has 1 heterocycles. The molecule has 1 aliphatic rings. The summed E-state index contributed by atoms with van der Waals surface area (Å²) in [6.07, 6.45) is -1.48. The number of carbonyl (C=O) groups is 2. The monoisotopic (exact) mass is 478 g/mol. The predicted molar refractivity (Wildman–Crippen MR) is 120 cm³/mol. The van der Waals surface area contributed by atoms with Crippen molar-refractivity contribution in [1.82, 2.24) is 10.2 Å². The van der Waals surface area contributed by atoms with E-state index in [0.717, 1.165) is 42.5 Å². The Balaban J connectivity index is 1.85. The van der Waals surface area contributed by atoms with Crippen molar-refractivity contribution in [3.63, 3.8) is 0 Å². The number of benzene rings is 2. The minimum absolute atomic E-state index is 0.00266. The number of hydrogen-bond acceptors (Lipinski definition) is 4. The van der Waals surface area contributed by atoms with Crippen LogP contribution in [0.1, 0.15) is 47.9 Å². The average Bonchev–Trinajstić information content (AvgIpc) is 2.78. The minimum atomic E-state index is -4.41. The molecule has 0 atom stereocenters. The first-order chi connectivity index (χ1) is 16.2. The fourth-order valence-electron chi connectivity index (χ4n) is 3.84. The van der Waals surface area contributed by atoms with Crippen molar-refractivity contribution in [3.8, 4) is 5.75 Å². The molecule has 0 radical (unpaired) electrons. The van der Waals surface area contributed by atoms with E-state index < -0.39 is 17.7 Å². The Labute approximate surface area is 196 Å². The summed E-state index contributed by atoms with van der Waals surface area (Å²) in [6.45, 7) is 1.74. The quantitative estimate of drug-likeness (QED) is 0.666. The number of hydrogen-bond donors (Lipinski definition) is 2. The van der Waals surface area contributed by atoms with Crippen LogP contribution < -0.4 is 10.1 Å². The van der Waals surface area contributed by atoms with Crippen LogP contribution in [0.25, 0.3) is 0 Å². The first-order valence-corrected chi connectivity index (χ1v) is 11.3. The summed E-state index contributed by atoms with van der Waals surface area (Å²) in [5, 5.41) is 11.9. The zero-order valence-electron chi connectivity index (χ0n) is 18.9. The zero-order valence-corrected chi connectivity index (χ0v) is 18.9. The molecule has 0 fully saturated rings. The number of halogens is 3. The van der Waals surface area contributed by atoms with Gasteiger partial charge in [-0.2, -0.15) is 13.2 Å². The van der Waals surface area contributed by atoms with Crippen molar-refractivity contribution in [1.29, 1.82) is 0 Å². The third-order valence-electron chi connectivity index (χ3n) is 5.60. The molecule has 0 saturated heterocycles. The number of nitrogens with one attached hydrogen (secondary N) is 1. The maximum absolute atomic E-state index is 12.9. The molecule has 6 nitrogen and oxygen atoms in total. The van der Waals surface area contributed by atoms with Gasteiger partial charge >= 0.3 is 12.1 Å². The van der Waals surface area contributed by atoms with Gasteiger partial charge in [0.15, 0.2) is 0 Å². The van der Waals surface area contributed by atoms with E-state index in [2.05, 4.69) is 5.32 Å². The molecule has 0 aliphatic carbocycles. The van der Waals surface area contributed by atoms with Crippen LogP contribution in [0.4, 0.5) is 13.2 Å². The van der Waals surface area contributed by atoms with Crippen molar-refractivity contribution in [2.45, 2.75) is 51.4 Å². The highest BCUT2D eigenvalue weighted by atomic mass is 19.4. The molecule has 34 heavy (non-hydrogen) atoms. The number of aliphatic carboxylic acids is 1. The number of carboxylic acid groups (broad SMARTS) is 1. The van der Waals surface area contributed by atoms with Gasteiger partial charge in [-0.15, -0.1) is 0 Å². The van der Waals surface area contributed by atoms with Crippen LogP contribution in [0.3, 0.4) is 0 Å². The van der Waals surface area contributed by atoms with E-state index >= 15 is 0 Å². The number of ether oxygens (including phenoxy) is 1. The Morgan fingerprint density at radius 3 is 2.47 bits per heavy atom. The highest BCUT2D eigenvalue weighted by Crippen LogP contribution is 2.29. The van der Waals surface area contributed by atoms with Crippen molar-refractivity contribution in [2.75, 3.05) is 19.7 Å². The molecule has 1 amide bonds. The van der Waals surface area contributed by atoms with E-state index in [9.17, 15) is 22.8 Å². The third kappa shape index (κ3) is 8.06. The molecule has 3 rings (SSSR count). The Bertz CT molecular complexity index is 977. The number of carboxylic acids is 1. The molecule has 2 aromatic carbocycles. The first-order valence-electron chi connectivity index (χ1n) is 11.3. The molecule has 2 aromatic rings. The largest absolute Gasteiger partial charge is 0.493 e. The summed E-state index contributed by atoms with van der Waals surface area (Å²) in [6, 6.07) is 10.5. The summed E-state index contributed by atoms with van der Waals surface area (Å²) in [5.41, 5.74) is 1.57. The SMILES string of the molecule is O=C(O)CCc1ccc2c(c1)CN(Cc1ccc(C(F)(F)F)cc1)CC(=O)NCCCCCO2. The summed E-state index contributed by atoms with van der Waals surface area (Å²) < 4.78 is 44.7. The molecule has 1 aliphatic heterocycles. The molecule has 0 unspecified atom stereocenters. The van der Waals surface area contributed by atoms with Gasteiger partial charge in [0.25, 0.3) is 0 Å². The van der Waals surface area contributed by atoms with Crippen LogP contribution in [0, 0.1) is 0 Å². The summed E-state index contributed by atoms with van der Waals surface area (Å²) in [4.78, 5) is 25.4. The van der Waals surface area contributed by atoms with Crippen LogP contribution in [0.15, 0.2) is 42.5 Å². The number of alkyl halides is 3. The van der Waals surface area contributed by atoms with Crippen LogP contribution in [-0.2, 0) is 35.3 Å². The van der Waals surface area contributed by atoms with Gasteiger partial charge in [-0.1, -0.05) is 24.3 Å². The highest BCUT2D eigenvalue weighted by Gasteiger charge is 2.30. The van der Waals surface area contributed by atoms with E-state index in [1.165, 1.54) is 12.1 Å². The Morgan fingerprint density at radius 2 is 1.76 bits per heavy atom. The second kappa shape index (κ2) is 11.9. The lowest BCUT2D eigenvalue weighted by atomic mass is 10.0. The standard InChI is InChI=1S/C25H29F3N2O4/c26-25(27,28)21-8-4-19(5-9-21)15-30-16-20-14-18(7-11-24(32)33)6-10-22(20)34-13-3-1-2-12-29-23(31)17-30/h4-6,8-10,14H,1-3,7,11-13,15-17H2,(H,29,31)(H,32,33). The van der Waals surface area contributed by atoms with Crippen LogP contribution in [-0.4, -0.2) is 41.6 Å². The number of carbonyl (C=O) groups excluding carboxylic acids is 1. The van der Waals surface area contributed by atoms with Crippen molar-refractivity contribution in [2.24, 2.45) is 0 Å². The summed E-state index contributed by atoms with van der Waals surface area (Å²) in [5.74, 6) is -0.382. The number of nitrogens with zero attached hydrogens (tertiary/aromatic N) is 1. The fourth-order valence-corrected chi connectivity index (χ4v) is 3.84. The van der Waals surface area contributed by atoms with Crippen LogP contribution >= 0.6 is 0 Å². The minimum Gasteiger partial charge on any atom is -0.493 e. The molecule has 0 spiro atoms. The van der Waals surface area contributed by atoms with E-state index in [0.29, 0.717) is 37.4 Å². The van der Waals surface area contributed by atoms with E-state index in [1.807, 2.05) is 23.1 Å². The third-order valence-corrected chi connectivity index (χ3v) is 5.60. The number of fused-ring (bicyclic) bond motifs is 1. The normalized spacial score (nSPS) is 16.3. The van der Waals surface area contributed by atoms with Crippen molar-refractivity contribution in [3.05, 3.63) is 64.7 Å². The molecular weight excluding hydrogens is 449 g/mol. The number of amides is 1. The summed E-state index contributed by atoms with van der Waals surface area (Å²) >= 11 is 0. The van der Waals surface area contributed by atoms with Crippen molar-refractivity contribution < 1.29 is 32.6 Å². The zero-order chi connectivity index (χ0) is 24.6. The lowest BCUT2D eigenvalue weighted by molar-refractivity contribution is -0.138. The topological polar surface area (TPSA) is 78.9 Å². The first kappa shape index (κ1) is 25.6. The molecule has 0 bridgehead atoms. The molecule has 0 saturated carbocycles. The smallest absolute Gasteiger partial charge is 0.416 e. The number of aryl methyl sites for hydroxylation is 1. The van der Waals surface area contributed by atoms with E-state index in [4.69, 9.17) is 9.84 Å². The van der Waals surface area contributed by atoms with Gasteiger partial charge < -0.3 is 15.2 Å². The lowest BCUT2D eigenvalue weighted by Crippen LogP contribution is -2.37. The van der Waals surface area contributed by atoms with Gasteiger partial charge in [-0.05, 0) is 55.0 Å². The van der Waals surface area contributed by atoms with Gasteiger partial charge in [0.2, 0.25) is 5.91 Å². The maximum Gasteiger partial charge on any atom is 0.416 e. The Kier molecular flexibility index (Phi) is 8.92. The Morgan fingerprint density at radius 1 is 1.03 bits per heavy atom. The Hall–Kier alpha value is -3.07. The second-order valence-corrected chi connectivity index (χ2v) is 8.43. The van der Waals surface area contributed by atoms with Gasteiger partial charge in [0, 0.05) is 31.6 Å². The molecular formula is C25H29F3N2O4. The van der Waals surface area contributed by atoms with Gasteiger partial charge in [0.1, 0.15) is 5.75 Å². The van der Waals surface area contributed by atoms with Gasteiger partial charge in [-0.3, -0.25) is 14.5 Å². The van der Waals surface area contributed by atoms with Gasteiger partial charge in [-0.25, -0.2) is 0 Å². The predicted octanol–water partition coefficient (Wildman–Crippen LogP) is 4.40. The lowest BCUT2D eigenvalue weighted by Gasteiger charge is -2.24. The molecule has 9 heteroatoms. The second-order valence-electron chi connectivity index (χ2n) is 8.43. The van der Waals surface area contributed by atoms with Gasteiger partial charge in [0.05, 0.1) is 18.7 Å². The maximum atomic E-state index is 12.9. The van der Waals surface area contributed by atoms with E-state index in [-0.39, 0.29) is 25.4 Å².